The van der Waals surface area contributed by atoms with E-state index in [1.165, 1.54) is 6.07 Å². The van der Waals surface area contributed by atoms with Gasteiger partial charge in [0.1, 0.15) is 6.54 Å². The average molecular weight is 396 g/mol. The standard InChI is InChI=1S/C17H18F6N2O2/c1-11(2)10-27-15(26)9-25(6-5-16(18,19)20)13-4-3-12(8-24)14(7-13)17(21,22)23/h3-4,7,11H,5-6,9-10H2,1-2H3. The number of benzene rings is 1. The van der Waals surface area contributed by atoms with E-state index in [1.54, 1.807) is 13.8 Å². The van der Waals surface area contributed by atoms with Crippen LogP contribution in [0.3, 0.4) is 0 Å². The van der Waals surface area contributed by atoms with Crippen LogP contribution in [0.5, 0.6) is 0 Å². The summed E-state index contributed by atoms with van der Waals surface area (Å²) >= 11 is 0. The number of nitrogens with zero attached hydrogens (tertiary/aromatic N) is 2. The van der Waals surface area contributed by atoms with Crippen LogP contribution < -0.4 is 4.90 Å². The van der Waals surface area contributed by atoms with Crippen molar-refractivity contribution in [3.8, 4) is 6.07 Å². The predicted octanol–water partition coefficient (Wildman–Crippen LogP) is 4.54. The molecule has 4 nitrogen and oxygen atoms in total. The van der Waals surface area contributed by atoms with Gasteiger partial charge < -0.3 is 9.64 Å². The Morgan fingerprint density at radius 3 is 2.33 bits per heavy atom. The first-order valence-electron chi connectivity index (χ1n) is 7.92. The number of alkyl halides is 6. The van der Waals surface area contributed by atoms with Crippen molar-refractivity contribution in [3.05, 3.63) is 29.3 Å². The summed E-state index contributed by atoms with van der Waals surface area (Å²) in [5.41, 5.74) is -2.20. The van der Waals surface area contributed by atoms with E-state index in [4.69, 9.17) is 10.00 Å². The van der Waals surface area contributed by atoms with Crippen LogP contribution in [0.4, 0.5) is 32.0 Å². The molecule has 1 rings (SSSR count). The molecule has 0 aliphatic carbocycles. The van der Waals surface area contributed by atoms with Gasteiger partial charge in [-0.1, -0.05) is 13.8 Å². The highest BCUT2D eigenvalue weighted by molar-refractivity contribution is 5.76. The van der Waals surface area contributed by atoms with E-state index < -0.39 is 49.0 Å². The maximum atomic E-state index is 13.1. The monoisotopic (exact) mass is 396 g/mol. The lowest BCUT2D eigenvalue weighted by atomic mass is 10.1. The molecule has 0 fully saturated rings. The van der Waals surface area contributed by atoms with E-state index in [-0.39, 0.29) is 18.2 Å². The summed E-state index contributed by atoms with van der Waals surface area (Å²) in [7, 11) is 0. The van der Waals surface area contributed by atoms with Gasteiger partial charge in [0.05, 0.1) is 30.2 Å². The van der Waals surface area contributed by atoms with Crippen LogP contribution in [0.25, 0.3) is 0 Å². The van der Waals surface area contributed by atoms with Gasteiger partial charge in [0.2, 0.25) is 0 Å². The second-order valence-corrected chi connectivity index (χ2v) is 6.20. The molecular formula is C17H18F6N2O2. The molecule has 0 N–H and O–H groups in total. The first kappa shape index (κ1) is 22.6. The summed E-state index contributed by atoms with van der Waals surface area (Å²) in [6, 6.07) is 3.88. The Labute approximate surface area is 152 Å². The van der Waals surface area contributed by atoms with Crippen LogP contribution in [-0.2, 0) is 15.7 Å². The Hall–Kier alpha value is -2.44. The van der Waals surface area contributed by atoms with Crippen LogP contribution in [0.15, 0.2) is 18.2 Å². The van der Waals surface area contributed by atoms with Gasteiger partial charge in [-0.25, -0.2) is 0 Å². The molecule has 0 aromatic heterocycles. The number of nitriles is 1. The fraction of sp³-hybridized carbons (Fsp3) is 0.529. The zero-order valence-corrected chi connectivity index (χ0v) is 14.6. The van der Waals surface area contributed by atoms with Gasteiger partial charge in [-0.15, -0.1) is 0 Å². The molecule has 0 spiro atoms. The predicted molar refractivity (Wildman–Crippen MR) is 84.8 cm³/mol. The highest BCUT2D eigenvalue weighted by atomic mass is 19.4. The summed E-state index contributed by atoms with van der Waals surface area (Å²) < 4.78 is 81.8. The van der Waals surface area contributed by atoms with Crippen LogP contribution in [0, 0.1) is 17.2 Å². The molecule has 0 radical (unpaired) electrons. The third kappa shape index (κ3) is 7.76. The Balaban J connectivity index is 3.14. The van der Waals surface area contributed by atoms with Crippen molar-refractivity contribution < 1.29 is 35.9 Å². The number of anilines is 1. The number of carbonyl (C=O) groups is 1. The quantitative estimate of drug-likeness (QED) is 0.502. The summed E-state index contributed by atoms with van der Waals surface area (Å²) in [6.45, 7) is 2.17. The number of hydrogen-bond acceptors (Lipinski definition) is 4. The SMILES string of the molecule is CC(C)COC(=O)CN(CCC(F)(F)F)c1ccc(C#N)c(C(F)(F)F)c1. The largest absolute Gasteiger partial charge is 0.464 e. The molecule has 1 aromatic carbocycles. The minimum atomic E-state index is -4.87. The molecule has 0 bridgehead atoms. The number of rotatable bonds is 7. The van der Waals surface area contributed by atoms with Crippen molar-refractivity contribution in [3.63, 3.8) is 0 Å². The summed E-state index contributed by atoms with van der Waals surface area (Å²) in [5.74, 6) is -0.867. The molecule has 150 valence electrons. The number of hydrogen-bond donors (Lipinski definition) is 0. The second kappa shape index (κ2) is 8.97. The van der Waals surface area contributed by atoms with Gasteiger partial charge in [0, 0.05) is 12.2 Å². The molecule has 10 heteroatoms. The van der Waals surface area contributed by atoms with Crippen molar-refractivity contribution in [2.24, 2.45) is 5.92 Å². The van der Waals surface area contributed by atoms with Crippen molar-refractivity contribution >= 4 is 11.7 Å². The maximum absolute atomic E-state index is 13.1. The number of esters is 1. The van der Waals surface area contributed by atoms with Gasteiger partial charge in [-0.05, 0) is 24.1 Å². The van der Waals surface area contributed by atoms with E-state index in [1.807, 2.05) is 0 Å². The lowest BCUT2D eigenvalue weighted by Gasteiger charge is -2.25. The molecule has 1 aromatic rings. The fourth-order valence-electron chi connectivity index (χ4n) is 2.08. The zero-order valence-electron chi connectivity index (χ0n) is 14.6. The lowest BCUT2D eigenvalue weighted by molar-refractivity contribution is -0.144. The van der Waals surface area contributed by atoms with Gasteiger partial charge in [-0.2, -0.15) is 31.6 Å². The molecule has 0 unspecified atom stereocenters. The van der Waals surface area contributed by atoms with Crippen LogP contribution in [-0.4, -0.2) is 31.8 Å². The molecule has 0 amide bonds. The topological polar surface area (TPSA) is 53.3 Å². The molecular weight excluding hydrogens is 378 g/mol. The Morgan fingerprint density at radius 2 is 1.85 bits per heavy atom. The molecule has 0 saturated carbocycles. The van der Waals surface area contributed by atoms with Crippen molar-refractivity contribution in [2.45, 2.75) is 32.6 Å². The maximum Gasteiger partial charge on any atom is 0.417 e. The Kier molecular flexibility index (Phi) is 7.51. The normalized spacial score (nSPS) is 12.0. The highest BCUT2D eigenvalue weighted by Gasteiger charge is 2.35. The van der Waals surface area contributed by atoms with Crippen molar-refractivity contribution in [1.82, 2.24) is 0 Å². The fourth-order valence-corrected chi connectivity index (χ4v) is 2.08. The average Bonchev–Trinajstić information content (AvgIpc) is 2.54. The molecule has 0 saturated heterocycles. The number of halogens is 6. The Bertz CT molecular complexity index is 692. The molecule has 0 heterocycles. The zero-order chi connectivity index (χ0) is 20.8. The van der Waals surface area contributed by atoms with E-state index in [0.29, 0.717) is 6.07 Å². The molecule has 0 aliphatic rings. The van der Waals surface area contributed by atoms with E-state index in [2.05, 4.69) is 0 Å². The van der Waals surface area contributed by atoms with E-state index >= 15 is 0 Å². The minimum absolute atomic E-state index is 0.00989. The second-order valence-electron chi connectivity index (χ2n) is 6.20. The van der Waals surface area contributed by atoms with Gasteiger partial charge in [0.25, 0.3) is 0 Å². The van der Waals surface area contributed by atoms with Crippen LogP contribution >= 0.6 is 0 Å². The first-order valence-corrected chi connectivity index (χ1v) is 7.92. The third-order valence-corrected chi connectivity index (χ3v) is 3.36. The Morgan fingerprint density at radius 1 is 1.22 bits per heavy atom. The van der Waals surface area contributed by atoms with Crippen molar-refractivity contribution in [1.29, 1.82) is 5.26 Å². The van der Waals surface area contributed by atoms with Gasteiger partial charge in [0.15, 0.2) is 0 Å². The van der Waals surface area contributed by atoms with Crippen LogP contribution in [0.1, 0.15) is 31.4 Å². The van der Waals surface area contributed by atoms with Gasteiger partial charge in [-0.3, -0.25) is 4.79 Å². The first-order chi connectivity index (χ1) is 12.3. The van der Waals surface area contributed by atoms with E-state index in [0.717, 1.165) is 17.0 Å². The highest BCUT2D eigenvalue weighted by Crippen LogP contribution is 2.34. The molecule has 0 aliphatic heterocycles. The summed E-state index contributed by atoms with van der Waals surface area (Å²) in [4.78, 5) is 12.7. The van der Waals surface area contributed by atoms with Crippen molar-refractivity contribution in [2.75, 3.05) is 24.6 Å². The number of ether oxygens (including phenoxy) is 1. The van der Waals surface area contributed by atoms with Crippen LogP contribution in [0.2, 0.25) is 0 Å². The third-order valence-electron chi connectivity index (χ3n) is 3.36. The molecule has 27 heavy (non-hydrogen) atoms. The smallest absolute Gasteiger partial charge is 0.417 e. The summed E-state index contributed by atoms with van der Waals surface area (Å²) in [5, 5.41) is 8.80. The summed E-state index contributed by atoms with van der Waals surface area (Å²) in [6.07, 6.45) is -10.7. The molecule has 0 atom stereocenters. The van der Waals surface area contributed by atoms with E-state index in [9.17, 15) is 31.1 Å². The van der Waals surface area contributed by atoms with Gasteiger partial charge >= 0.3 is 18.3 Å². The lowest BCUT2D eigenvalue weighted by Crippen LogP contribution is -2.34. The minimum Gasteiger partial charge on any atom is -0.464 e. The number of carbonyl (C=O) groups excluding carboxylic acids is 1.